The van der Waals surface area contributed by atoms with E-state index in [9.17, 15) is 14.4 Å². The van der Waals surface area contributed by atoms with Crippen LogP contribution in [0.2, 0.25) is 0 Å². The fourth-order valence-electron chi connectivity index (χ4n) is 5.58. The van der Waals surface area contributed by atoms with Gasteiger partial charge < -0.3 is 15.0 Å². The second kappa shape index (κ2) is 11.0. The number of piperidine rings is 1. The molecule has 39 heavy (non-hydrogen) atoms. The maximum Gasteiger partial charge on any atom is 0.257 e. The molecule has 7 heteroatoms. The Hall–Kier alpha value is -3.97. The van der Waals surface area contributed by atoms with Crippen LogP contribution in [0.1, 0.15) is 63.2 Å². The molecule has 5 rings (SSSR count). The number of ether oxygens (including phenoxy) is 1. The van der Waals surface area contributed by atoms with Crippen molar-refractivity contribution >= 4 is 17.7 Å². The van der Waals surface area contributed by atoms with E-state index in [2.05, 4.69) is 5.32 Å². The van der Waals surface area contributed by atoms with Crippen molar-refractivity contribution in [1.82, 2.24) is 15.1 Å². The minimum Gasteiger partial charge on any atom is -0.353 e. The third kappa shape index (κ3) is 5.32. The minimum absolute atomic E-state index is 0.0365. The molecule has 0 aromatic heterocycles. The Bertz CT molecular complexity index is 1350. The highest BCUT2D eigenvalue weighted by atomic mass is 16.5. The minimum atomic E-state index is -0.957. The molecule has 2 aliphatic heterocycles. The molecule has 202 valence electrons. The normalized spacial score (nSPS) is 19.1. The Balaban J connectivity index is 1.39. The van der Waals surface area contributed by atoms with Crippen LogP contribution in [-0.2, 0) is 9.53 Å². The lowest BCUT2D eigenvalue weighted by molar-refractivity contribution is -0.128. The van der Waals surface area contributed by atoms with Crippen LogP contribution in [0.5, 0.6) is 0 Å². The first kappa shape index (κ1) is 26.6. The fraction of sp³-hybridized carbons (Fsp3) is 0.344. The van der Waals surface area contributed by atoms with Gasteiger partial charge in [0.2, 0.25) is 5.91 Å². The number of nitrogens with one attached hydrogen (secondary N) is 1. The molecular weight excluding hydrogens is 490 g/mol. The summed E-state index contributed by atoms with van der Waals surface area (Å²) in [5.41, 5.74) is 3.16. The summed E-state index contributed by atoms with van der Waals surface area (Å²) in [6.07, 6.45) is 0.862. The predicted octanol–water partition coefficient (Wildman–Crippen LogP) is 4.65. The van der Waals surface area contributed by atoms with Crippen LogP contribution in [0.25, 0.3) is 0 Å². The number of aryl methyl sites for hydroxylation is 2. The molecule has 7 nitrogen and oxygen atoms in total. The van der Waals surface area contributed by atoms with E-state index in [1.807, 2.05) is 93.6 Å². The molecule has 0 unspecified atom stereocenters. The summed E-state index contributed by atoms with van der Waals surface area (Å²) in [4.78, 5) is 44.3. The molecule has 2 atom stereocenters. The lowest BCUT2D eigenvalue weighted by Crippen LogP contribution is -2.60. The zero-order valence-electron chi connectivity index (χ0n) is 22.7. The van der Waals surface area contributed by atoms with Gasteiger partial charge in [-0.25, -0.2) is 0 Å². The number of carbonyl (C=O) groups is 3. The maximum absolute atomic E-state index is 14.1. The van der Waals surface area contributed by atoms with E-state index < -0.39 is 11.8 Å². The van der Waals surface area contributed by atoms with Gasteiger partial charge in [-0.2, -0.15) is 0 Å². The topological polar surface area (TPSA) is 79.0 Å². The molecule has 0 bridgehead atoms. The molecule has 0 saturated carbocycles. The van der Waals surface area contributed by atoms with Crippen LogP contribution in [0.15, 0.2) is 78.9 Å². The zero-order chi connectivity index (χ0) is 27.6. The van der Waals surface area contributed by atoms with Crippen molar-refractivity contribution in [2.75, 3.05) is 19.7 Å². The van der Waals surface area contributed by atoms with Crippen LogP contribution < -0.4 is 5.32 Å². The number of likely N-dealkylation sites (tertiary alicyclic amines) is 1. The van der Waals surface area contributed by atoms with Crippen molar-refractivity contribution in [3.05, 3.63) is 107 Å². The van der Waals surface area contributed by atoms with Gasteiger partial charge in [0, 0.05) is 37.1 Å². The maximum atomic E-state index is 14.1. The molecule has 1 spiro atoms. The number of rotatable bonds is 5. The van der Waals surface area contributed by atoms with Gasteiger partial charge in [0.25, 0.3) is 11.8 Å². The average Bonchev–Trinajstić information content (AvgIpc) is 3.32. The van der Waals surface area contributed by atoms with Crippen molar-refractivity contribution in [3.8, 4) is 0 Å². The van der Waals surface area contributed by atoms with Crippen molar-refractivity contribution in [1.29, 1.82) is 0 Å². The standard InChI is InChI=1S/C32H35N3O4/c1-22-13-15-26(16-14-22)30(37)34-19-17-32(18-20-34)35(31(38)27-12-8-7-9-23(27)2)28(21-39-32)29(36)33-24(3)25-10-5-4-6-11-25/h4-16,24,28H,17-21H2,1-3H3,(H,33,36)/t24-,28-/m0/s1. The van der Waals surface area contributed by atoms with Crippen LogP contribution in [0, 0.1) is 13.8 Å². The number of benzene rings is 3. The van der Waals surface area contributed by atoms with E-state index >= 15 is 0 Å². The molecule has 3 amide bonds. The second-order valence-electron chi connectivity index (χ2n) is 10.6. The van der Waals surface area contributed by atoms with Crippen LogP contribution >= 0.6 is 0 Å². The Morgan fingerprint density at radius 1 is 0.872 bits per heavy atom. The molecule has 3 aromatic rings. The van der Waals surface area contributed by atoms with Crippen molar-refractivity contribution < 1.29 is 19.1 Å². The first-order chi connectivity index (χ1) is 18.8. The van der Waals surface area contributed by atoms with Crippen LogP contribution in [0.4, 0.5) is 0 Å². The van der Waals surface area contributed by atoms with E-state index in [4.69, 9.17) is 4.74 Å². The van der Waals surface area contributed by atoms with Gasteiger partial charge in [0.05, 0.1) is 12.6 Å². The van der Waals surface area contributed by atoms with E-state index in [0.29, 0.717) is 37.1 Å². The molecule has 2 aliphatic rings. The monoisotopic (exact) mass is 525 g/mol. The van der Waals surface area contributed by atoms with E-state index in [1.165, 1.54) is 0 Å². The van der Waals surface area contributed by atoms with Gasteiger partial charge in [-0.15, -0.1) is 0 Å². The van der Waals surface area contributed by atoms with Gasteiger partial charge in [-0.05, 0) is 50.1 Å². The van der Waals surface area contributed by atoms with Gasteiger partial charge >= 0.3 is 0 Å². The molecule has 3 aromatic carbocycles. The van der Waals surface area contributed by atoms with Crippen LogP contribution in [-0.4, -0.2) is 59.0 Å². The summed E-state index contributed by atoms with van der Waals surface area (Å²) < 4.78 is 6.35. The van der Waals surface area contributed by atoms with Crippen molar-refractivity contribution in [2.24, 2.45) is 0 Å². The lowest BCUT2D eigenvalue weighted by Gasteiger charge is -2.44. The van der Waals surface area contributed by atoms with Gasteiger partial charge in [-0.1, -0.05) is 66.2 Å². The molecule has 0 aliphatic carbocycles. The highest BCUT2D eigenvalue weighted by molar-refractivity contribution is 5.99. The van der Waals surface area contributed by atoms with E-state index in [-0.39, 0.29) is 30.4 Å². The number of nitrogens with zero attached hydrogens (tertiary/aromatic N) is 2. The SMILES string of the molecule is Cc1ccc(C(=O)N2CCC3(CC2)OC[C@@H](C(=O)N[C@@H](C)c2ccccc2)N3C(=O)c2ccccc2C)cc1. The van der Waals surface area contributed by atoms with E-state index in [0.717, 1.165) is 16.7 Å². The number of carbonyl (C=O) groups excluding carboxylic acids is 3. The number of amides is 3. The fourth-order valence-corrected chi connectivity index (χ4v) is 5.58. The smallest absolute Gasteiger partial charge is 0.257 e. The van der Waals surface area contributed by atoms with Gasteiger partial charge in [0.1, 0.15) is 11.8 Å². The first-order valence-corrected chi connectivity index (χ1v) is 13.5. The molecule has 2 saturated heterocycles. The highest BCUT2D eigenvalue weighted by Gasteiger charge is 2.54. The molecule has 0 radical (unpaired) electrons. The molecule has 2 heterocycles. The number of hydrogen-bond acceptors (Lipinski definition) is 4. The molecular formula is C32H35N3O4. The summed E-state index contributed by atoms with van der Waals surface area (Å²) in [5, 5.41) is 3.09. The summed E-state index contributed by atoms with van der Waals surface area (Å²) in [6, 6.07) is 23.7. The Labute approximate surface area is 229 Å². The number of hydrogen-bond donors (Lipinski definition) is 1. The lowest BCUT2D eigenvalue weighted by atomic mass is 9.95. The summed E-state index contributed by atoms with van der Waals surface area (Å²) >= 11 is 0. The highest BCUT2D eigenvalue weighted by Crippen LogP contribution is 2.39. The third-order valence-corrected chi connectivity index (χ3v) is 7.95. The predicted molar refractivity (Wildman–Crippen MR) is 149 cm³/mol. The zero-order valence-corrected chi connectivity index (χ0v) is 22.7. The van der Waals surface area contributed by atoms with Crippen molar-refractivity contribution in [2.45, 2.75) is 51.4 Å². The Morgan fingerprint density at radius 2 is 1.51 bits per heavy atom. The van der Waals surface area contributed by atoms with Crippen LogP contribution in [0.3, 0.4) is 0 Å². The van der Waals surface area contributed by atoms with Crippen molar-refractivity contribution in [3.63, 3.8) is 0 Å². The quantitative estimate of drug-likeness (QED) is 0.526. The third-order valence-electron chi connectivity index (χ3n) is 7.95. The molecule has 1 N–H and O–H groups in total. The Kier molecular flexibility index (Phi) is 7.53. The van der Waals surface area contributed by atoms with Gasteiger partial charge in [-0.3, -0.25) is 19.3 Å². The first-order valence-electron chi connectivity index (χ1n) is 13.5. The average molecular weight is 526 g/mol. The Morgan fingerprint density at radius 3 is 2.18 bits per heavy atom. The summed E-state index contributed by atoms with van der Waals surface area (Å²) in [6.45, 7) is 6.78. The van der Waals surface area contributed by atoms with E-state index in [1.54, 1.807) is 15.9 Å². The van der Waals surface area contributed by atoms with Gasteiger partial charge in [0.15, 0.2) is 0 Å². The molecule has 2 fully saturated rings. The summed E-state index contributed by atoms with van der Waals surface area (Å²) in [5.74, 6) is -0.509. The second-order valence-corrected chi connectivity index (χ2v) is 10.6. The summed E-state index contributed by atoms with van der Waals surface area (Å²) in [7, 11) is 0. The largest absolute Gasteiger partial charge is 0.353 e.